The third-order valence-corrected chi connectivity index (χ3v) is 2.91. The van der Waals surface area contributed by atoms with Crippen LogP contribution in [0, 0.1) is 0 Å². The normalized spacial score (nSPS) is 10.6. The van der Waals surface area contributed by atoms with E-state index in [1.807, 2.05) is 24.3 Å². The Labute approximate surface area is 123 Å². The van der Waals surface area contributed by atoms with Crippen molar-refractivity contribution in [2.45, 2.75) is 0 Å². The lowest BCUT2D eigenvalue weighted by Crippen LogP contribution is -2.11. The Bertz CT molecular complexity index is 633. The molecule has 2 aromatic carbocycles. The van der Waals surface area contributed by atoms with Gasteiger partial charge in [0.1, 0.15) is 5.75 Å². The van der Waals surface area contributed by atoms with Crippen molar-refractivity contribution < 1.29 is 14.6 Å². The summed E-state index contributed by atoms with van der Waals surface area (Å²) in [6, 6.07) is 14.3. The largest absolute Gasteiger partial charge is 0.497 e. The van der Waals surface area contributed by atoms with E-state index in [0.717, 1.165) is 5.56 Å². The minimum Gasteiger partial charge on any atom is -0.497 e. The minimum absolute atomic E-state index is 0.0115. The maximum absolute atomic E-state index is 12.1. The van der Waals surface area contributed by atoms with Crippen LogP contribution in [0.25, 0.3) is 6.08 Å². The molecule has 0 aliphatic carbocycles. The van der Waals surface area contributed by atoms with E-state index in [1.165, 1.54) is 0 Å². The number of benzene rings is 2. The number of hydrogen-bond donors (Lipinski definition) is 2. The molecule has 0 heterocycles. The van der Waals surface area contributed by atoms with E-state index < -0.39 is 0 Å². The predicted octanol–water partition coefficient (Wildman–Crippen LogP) is 2.95. The molecule has 0 radical (unpaired) electrons. The second-order valence-corrected chi connectivity index (χ2v) is 4.39. The predicted molar refractivity (Wildman–Crippen MR) is 83.5 cm³/mol. The monoisotopic (exact) mass is 283 g/mol. The molecule has 0 saturated heterocycles. The van der Waals surface area contributed by atoms with Crippen LogP contribution in [0.3, 0.4) is 0 Å². The van der Waals surface area contributed by atoms with Gasteiger partial charge in [-0.25, -0.2) is 0 Å². The Morgan fingerprint density at radius 2 is 2.00 bits per heavy atom. The molecular formula is C17H17NO3. The number of carbonyl (C=O) groups is 1. The Balaban J connectivity index is 2.09. The number of hydrogen-bond acceptors (Lipinski definition) is 3. The van der Waals surface area contributed by atoms with Crippen LogP contribution < -0.4 is 10.1 Å². The zero-order valence-electron chi connectivity index (χ0n) is 11.7. The molecule has 2 N–H and O–H groups in total. The van der Waals surface area contributed by atoms with Gasteiger partial charge in [-0.1, -0.05) is 24.3 Å². The Hall–Kier alpha value is -2.59. The first-order valence-electron chi connectivity index (χ1n) is 6.56. The zero-order valence-corrected chi connectivity index (χ0v) is 11.7. The highest BCUT2D eigenvalue weighted by molar-refractivity contribution is 6.04. The highest BCUT2D eigenvalue weighted by Gasteiger charge is 2.06. The fourth-order valence-electron chi connectivity index (χ4n) is 1.85. The summed E-state index contributed by atoms with van der Waals surface area (Å²) in [5.41, 5.74) is 2.18. The third kappa shape index (κ3) is 4.19. The summed E-state index contributed by atoms with van der Waals surface area (Å²) in [4.78, 5) is 12.1. The SMILES string of the molecule is COc1ccc(C(=O)Nc2cccc(/C=C/CO)c2)cc1. The molecular weight excluding hydrogens is 266 g/mol. The van der Waals surface area contributed by atoms with Crippen molar-refractivity contribution in [1.82, 2.24) is 0 Å². The van der Waals surface area contributed by atoms with Gasteiger partial charge < -0.3 is 15.2 Å². The average molecular weight is 283 g/mol. The molecule has 21 heavy (non-hydrogen) atoms. The van der Waals surface area contributed by atoms with Crippen molar-refractivity contribution in [3.63, 3.8) is 0 Å². The molecule has 0 bridgehead atoms. The molecule has 2 aromatic rings. The molecule has 0 fully saturated rings. The van der Waals surface area contributed by atoms with Gasteiger partial charge in [0.25, 0.3) is 5.91 Å². The summed E-state index contributed by atoms with van der Waals surface area (Å²) in [5.74, 6) is 0.531. The summed E-state index contributed by atoms with van der Waals surface area (Å²) in [6.07, 6.45) is 3.44. The topological polar surface area (TPSA) is 58.6 Å². The van der Waals surface area contributed by atoms with Crippen molar-refractivity contribution in [3.05, 3.63) is 65.7 Å². The highest BCUT2D eigenvalue weighted by atomic mass is 16.5. The van der Waals surface area contributed by atoms with Crippen LogP contribution in [0.5, 0.6) is 5.75 Å². The lowest BCUT2D eigenvalue weighted by molar-refractivity contribution is 0.102. The van der Waals surface area contributed by atoms with Gasteiger partial charge in [0.05, 0.1) is 13.7 Å². The van der Waals surface area contributed by atoms with Crippen LogP contribution in [0.4, 0.5) is 5.69 Å². The van der Waals surface area contributed by atoms with Gasteiger partial charge in [0, 0.05) is 11.3 Å². The molecule has 108 valence electrons. The number of rotatable bonds is 5. The number of carbonyl (C=O) groups excluding carboxylic acids is 1. The number of ether oxygens (including phenoxy) is 1. The van der Waals surface area contributed by atoms with Crippen LogP contribution in [0.2, 0.25) is 0 Å². The van der Waals surface area contributed by atoms with Gasteiger partial charge in [-0.05, 0) is 42.0 Å². The van der Waals surface area contributed by atoms with E-state index in [0.29, 0.717) is 17.0 Å². The summed E-state index contributed by atoms with van der Waals surface area (Å²) in [6.45, 7) is -0.0115. The fourth-order valence-corrected chi connectivity index (χ4v) is 1.85. The van der Waals surface area contributed by atoms with E-state index in [9.17, 15) is 4.79 Å². The maximum Gasteiger partial charge on any atom is 0.255 e. The quantitative estimate of drug-likeness (QED) is 0.887. The van der Waals surface area contributed by atoms with Crippen LogP contribution in [-0.2, 0) is 0 Å². The van der Waals surface area contributed by atoms with Crippen molar-refractivity contribution in [2.24, 2.45) is 0 Å². The highest BCUT2D eigenvalue weighted by Crippen LogP contribution is 2.15. The number of methoxy groups -OCH3 is 1. The van der Waals surface area contributed by atoms with E-state index >= 15 is 0 Å². The molecule has 0 aliphatic heterocycles. The van der Waals surface area contributed by atoms with E-state index in [-0.39, 0.29) is 12.5 Å². The molecule has 0 spiro atoms. The summed E-state index contributed by atoms with van der Waals surface area (Å²) in [7, 11) is 1.58. The van der Waals surface area contributed by atoms with Crippen LogP contribution >= 0.6 is 0 Å². The van der Waals surface area contributed by atoms with Gasteiger partial charge in [-0.2, -0.15) is 0 Å². The molecule has 2 rings (SSSR count). The smallest absolute Gasteiger partial charge is 0.255 e. The van der Waals surface area contributed by atoms with Crippen LogP contribution in [0.1, 0.15) is 15.9 Å². The first-order valence-corrected chi connectivity index (χ1v) is 6.56. The minimum atomic E-state index is -0.180. The molecule has 4 heteroatoms. The zero-order chi connectivity index (χ0) is 15.1. The Morgan fingerprint density at radius 3 is 2.67 bits per heavy atom. The third-order valence-electron chi connectivity index (χ3n) is 2.91. The van der Waals surface area contributed by atoms with Gasteiger partial charge >= 0.3 is 0 Å². The van der Waals surface area contributed by atoms with Crippen LogP contribution in [0.15, 0.2) is 54.6 Å². The van der Waals surface area contributed by atoms with Crippen molar-refractivity contribution in [2.75, 3.05) is 19.0 Å². The molecule has 0 unspecified atom stereocenters. The second kappa shape index (κ2) is 7.26. The Morgan fingerprint density at radius 1 is 1.24 bits per heavy atom. The number of aliphatic hydroxyl groups excluding tert-OH is 1. The lowest BCUT2D eigenvalue weighted by atomic mass is 10.1. The van der Waals surface area contributed by atoms with Crippen molar-refractivity contribution in [3.8, 4) is 5.75 Å². The molecule has 0 atom stereocenters. The number of amides is 1. The lowest BCUT2D eigenvalue weighted by Gasteiger charge is -2.07. The first kappa shape index (κ1) is 14.8. The van der Waals surface area contributed by atoms with Crippen molar-refractivity contribution >= 4 is 17.7 Å². The average Bonchev–Trinajstić information content (AvgIpc) is 2.53. The standard InChI is InChI=1S/C17H17NO3/c1-21-16-9-7-14(8-10-16)17(20)18-15-6-2-4-13(12-15)5-3-11-19/h2-10,12,19H,11H2,1H3,(H,18,20)/b5-3+. The van der Waals surface area contributed by atoms with Crippen molar-refractivity contribution in [1.29, 1.82) is 0 Å². The first-order chi connectivity index (χ1) is 10.2. The number of aliphatic hydroxyl groups is 1. The summed E-state index contributed by atoms with van der Waals surface area (Å²) in [5, 5.41) is 11.6. The van der Waals surface area contributed by atoms with Gasteiger partial charge in [-0.3, -0.25) is 4.79 Å². The van der Waals surface area contributed by atoms with E-state index in [4.69, 9.17) is 9.84 Å². The molecule has 4 nitrogen and oxygen atoms in total. The second-order valence-electron chi connectivity index (χ2n) is 4.39. The molecule has 1 amide bonds. The summed E-state index contributed by atoms with van der Waals surface area (Å²) < 4.78 is 5.06. The van der Waals surface area contributed by atoms with Gasteiger partial charge in [0.2, 0.25) is 0 Å². The molecule has 0 aromatic heterocycles. The maximum atomic E-state index is 12.1. The molecule has 0 saturated carbocycles. The van der Waals surface area contributed by atoms with E-state index in [1.54, 1.807) is 43.5 Å². The summed E-state index contributed by atoms with van der Waals surface area (Å²) >= 11 is 0. The molecule has 0 aliphatic rings. The number of nitrogens with one attached hydrogen (secondary N) is 1. The Kier molecular flexibility index (Phi) is 5.12. The number of anilines is 1. The van der Waals surface area contributed by atoms with Gasteiger partial charge in [-0.15, -0.1) is 0 Å². The fraction of sp³-hybridized carbons (Fsp3) is 0.118. The van der Waals surface area contributed by atoms with E-state index in [2.05, 4.69) is 5.32 Å². The van der Waals surface area contributed by atoms with Gasteiger partial charge in [0.15, 0.2) is 0 Å². The van der Waals surface area contributed by atoms with Crippen LogP contribution in [-0.4, -0.2) is 24.7 Å².